The van der Waals surface area contributed by atoms with Crippen LogP contribution in [0.4, 0.5) is 5.69 Å². The fourth-order valence-corrected chi connectivity index (χ4v) is 1.74. The van der Waals surface area contributed by atoms with Crippen molar-refractivity contribution in [2.75, 3.05) is 0 Å². The zero-order valence-electron chi connectivity index (χ0n) is 7.12. The van der Waals surface area contributed by atoms with Gasteiger partial charge in [0.2, 0.25) is 0 Å². The summed E-state index contributed by atoms with van der Waals surface area (Å²) in [5, 5.41) is 2.50. The minimum absolute atomic E-state index is 0.976. The molecule has 0 aromatic heterocycles. The van der Waals surface area contributed by atoms with Crippen LogP contribution in [0.1, 0.15) is 5.56 Å². The Hall–Kier alpha value is -1.63. The molecule has 0 fully saturated rings. The fourth-order valence-electron chi connectivity index (χ4n) is 1.74. The predicted molar refractivity (Wildman–Crippen MR) is 54.6 cm³/mol. The van der Waals surface area contributed by atoms with E-state index in [9.17, 15) is 0 Å². The van der Waals surface area contributed by atoms with E-state index in [4.69, 9.17) is 0 Å². The molecule has 0 aliphatic carbocycles. The molecule has 1 heterocycles. The average molecular weight is 166 g/mol. The van der Waals surface area contributed by atoms with Gasteiger partial charge in [-0.2, -0.15) is 0 Å². The van der Waals surface area contributed by atoms with Crippen LogP contribution >= 0.6 is 0 Å². The van der Waals surface area contributed by atoms with Crippen molar-refractivity contribution in [3.8, 4) is 0 Å². The van der Waals surface area contributed by atoms with Crippen molar-refractivity contribution >= 4 is 22.7 Å². The van der Waals surface area contributed by atoms with Gasteiger partial charge in [0.15, 0.2) is 0 Å². The lowest BCUT2D eigenvalue weighted by atomic mass is 10.1. The Morgan fingerprint density at radius 1 is 1.23 bits per heavy atom. The third-order valence-electron chi connectivity index (χ3n) is 2.42. The molecule has 0 bridgehead atoms. The van der Waals surface area contributed by atoms with Gasteiger partial charge >= 0.3 is 0 Å². The van der Waals surface area contributed by atoms with E-state index in [2.05, 4.69) is 29.3 Å². The molecule has 1 nitrogen and oxygen atoms in total. The second-order valence-electron chi connectivity index (χ2n) is 3.27. The monoisotopic (exact) mass is 166 g/mol. The van der Waals surface area contributed by atoms with Gasteiger partial charge in [-0.3, -0.25) is 4.99 Å². The van der Waals surface area contributed by atoms with Gasteiger partial charge in [0.1, 0.15) is 0 Å². The van der Waals surface area contributed by atoms with Crippen molar-refractivity contribution in [2.24, 2.45) is 4.99 Å². The third-order valence-corrected chi connectivity index (χ3v) is 2.42. The van der Waals surface area contributed by atoms with Gasteiger partial charge < -0.3 is 0 Å². The lowest BCUT2D eigenvalue weighted by molar-refractivity contribution is 1.43. The summed E-state index contributed by atoms with van der Waals surface area (Å²) in [6.07, 6.45) is 2.94. The number of aliphatic imine (C=N–C) groups is 1. The van der Waals surface area contributed by atoms with Gasteiger partial charge in [0.25, 0.3) is 0 Å². The average Bonchev–Trinajstić information content (AvgIpc) is 2.61. The summed E-state index contributed by atoms with van der Waals surface area (Å²) in [6.45, 7) is 0. The molecule has 0 saturated heterocycles. The minimum atomic E-state index is 0.976. The van der Waals surface area contributed by atoms with Crippen LogP contribution in [-0.2, 0) is 6.42 Å². The Balaban J connectivity index is 2.40. The van der Waals surface area contributed by atoms with Crippen molar-refractivity contribution in [1.82, 2.24) is 0 Å². The summed E-state index contributed by atoms with van der Waals surface area (Å²) in [5.74, 6) is 0. The molecule has 2 aromatic rings. The van der Waals surface area contributed by atoms with E-state index in [-0.39, 0.29) is 0 Å². The Morgan fingerprint density at radius 3 is 3.23 bits per heavy atom. The number of fused-ring (bicyclic) bond motifs is 2. The molecular formula is C12H8N. The molecular weight excluding hydrogens is 158 g/mol. The molecule has 0 spiro atoms. The lowest BCUT2D eigenvalue weighted by Gasteiger charge is -2.00. The van der Waals surface area contributed by atoms with Gasteiger partial charge in [0.05, 0.1) is 5.69 Å². The Kier molecular flexibility index (Phi) is 1.28. The first kappa shape index (κ1) is 6.84. The largest absolute Gasteiger partial charge is 0.261 e. The quantitative estimate of drug-likeness (QED) is 0.570. The zero-order valence-corrected chi connectivity index (χ0v) is 7.12. The number of rotatable bonds is 0. The molecule has 0 saturated carbocycles. The molecule has 1 aliphatic rings. The second kappa shape index (κ2) is 2.43. The summed E-state index contributed by atoms with van der Waals surface area (Å²) in [4.78, 5) is 4.31. The smallest absolute Gasteiger partial charge is 0.0667 e. The standard InChI is InChI=1S/C12H8N/c1-2-4-10-8-12-11(5-6-13-12)7-9(10)3-1/h1,3-4,6-8H,5H2. The maximum absolute atomic E-state index is 4.31. The van der Waals surface area contributed by atoms with Crippen molar-refractivity contribution in [2.45, 2.75) is 6.42 Å². The van der Waals surface area contributed by atoms with Gasteiger partial charge in [-0.05, 0) is 40.6 Å². The Bertz CT molecular complexity index is 497. The predicted octanol–water partition coefficient (Wildman–Crippen LogP) is 2.90. The zero-order chi connectivity index (χ0) is 8.67. The van der Waals surface area contributed by atoms with E-state index < -0.39 is 0 Å². The van der Waals surface area contributed by atoms with Crippen molar-refractivity contribution in [1.29, 1.82) is 0 Å². The molecule has 61 valence electrons. The summed E-state index contributed by atoms with van der Waals surface area (Å²) in [6, 6.07) is 13.5. The van der Waals surface area contributed by atoms with Crippen LogP contribution in [-0.4, -0.2) is 6.21 Å². The first-order valence-electron chi connectivity index (χ1n) is 4.39. The first-order valence-corrected chi connectivity index (χ1v) is 4.39. The maximum atomic E-state index is 4.31. The van der Waals surface area contributed by atoms with Crippen molar-refractivity contribution in [3.05, 3.63) is 42.0 Å². The lowest BCUT2D eigenvalue weighted by Crippen LogP contribution is -1.79. The number of benzene rings is 2. The Labute approximate surface area is 76.7 Å². The van der Waals surface area contributed by atoms with Crippen LogP contribution in [0.3, 0.4) is 0 Å². The van der Waals surface area contributed by atoms with Crippen LogP contribution in [0.15, 0.2) is 35.3 Å². The third kappa shape index (κ3) is 0.970. The van der Waals surface area contributed by atoms with Crippen molar-refractivity contribution < 1.29 is 0 Å². The van der Waals surface area contributed by atoms with E-state index in [0.29, 0.717) is 0 Å². The molecule has 1 aliphatic heterocycles. The normalized spacial score (nSPS) is 13.5. The van der Waals surface area contributed by atoms with E-state index in [1.165, 1.54) is 16.3 Å². The van der Waals surface area contributed by atoms with Crippen molar-refractivity contribution in [3.63, 3.8) is 0 Å². The van der Waals surface area contributed by atoms with E-state index in [1.807, 2.05) is 18.3 Å². The number of nitrogens with zero attached hydrogens (tertiary/aromatic N) is 1. The fraction of sp³-hybridized carbons (Fsp3) is 0.0833. The summed E-state index contributed by atoms with van der Waals surface area (Å²) < 4.78 is 0. The highest BCUT2D eigenvalue weighted by molar-refractivity contribution is 5.90. The summed E-state index contributed by atoms with van der Waals surface area (Å²) in [5.41, 5.74) is 2.45. The minimum Gasteiger partial charge on any atom is -0.261 e. The summed E-state index contributed by atoms with van der Waals surface area (Å²) in [7, 11) is 0. The van der Waals surface area contributed by atoms with Crippen LogP contribution in [0.25, 0.3) is 10.8 Å². The van der Waals surface area contributed by atoms with E-state index in [1.54, 1.807) is 0 Å². The van der Waals surface area contributed by atoms with Crippen LogP contribution in [0.5, 0.6) is 0 Å². The highest BCUT2D eigenvalue weighted by atomic mass is 14.7. The van der Waals surface area contributed by atoms with Gasteiger partial charge in [-0.1, -0.05) is 12.1 Å². The second-order valence-corrected chi connectivity index (χ2v) is 3.27. The van der Waals surface area contributed by atoms with Crippen LogP contribution < -0.4 is 0 Å². The number of hydrogen-bond donors (Lipinski definition) is 0. The molecule has 0 atom stereocenters. The molecule has 3 rings (SSSR count). The molecule has 0 N–H and O–H groups in total. The molecule has 13 heavy (non-hydrogen) atoms. The molecule has 2 aromatic carbocycles. The highest BCUT2D eigenvalue weighted by Gasteiger charge is 2.06. The van der Waals surface area contributed by atoms with Gasteiger partial charge in [-0.25, -0.2) is 0 Å². The van der Waals surface area contributed by atoms with E-state index in [0.717, 1.165) is 12.1 Å². The Morgan fingerprint density at radius 2 is 2.23 bits per heavy atom. The topological polar surface area (TPSA) is 12.4 Å². The van der Waals surface area contributed by atoms with Crippen LogP contribution in [0.2, 0.25) is 0 Å². The van der Waals surface area contributed by atoms with Gasteiger partial charge in [0, 0.05) is 12.6 Å². The molecule has 1 heteroatoms. The molecule has 0 amide bonds. The maximum Gasteiger partial charge on any atom is 0.0667 e. The molecule has 1 radical (unpaired) electrons. The van der Waals surface area contributed by atoms with Gasteiger partial charge in [-0.15, -0.1) is 0 Å². The SMILES string of the molecule is [c]1ccc2cc3c(cc2c1)N=CC3. The van der Waals surface area contributed by atoms with Crippen LogP contribution in [0, 0.1) is 6.07 Å². The highest BCUT2D eigenvalue weighted by Crippen LogP contribution is 2.29. The number of hydrogen-bond acceptors (Lipinski definition) is 1. The van der Waals surface area contributed by atoms with E-state index >= 15 is 0 Å². The molecule has 0 unspecified atom stereocenters. The first-order chi connectivity index (χ1) is 6.43. The summed E-state index contributed by atoms with van der Waals surface area (Å²) >= 11 is 0.